The monoisotopic (exact) mass is 353 g/mol. The van der Waals surface area contributed by atoms with E-state index < -0.39 is 0 Å². The molecule has 2 aromatic carbocycles. The highest BCUT2D eigenvalue weighted by molar-refractivity contribution is 7.98. The molecule has 2 heteroatoms. The Balaban J connectivity index is 1.31. The zero-order chi connectivity index (χ0) is 17.2. The van der Waals surface area contributed by atoms with Gasteiger partial charge in [-0.15, -0.1) is 0 Å². The first kappa shape index (κ1) is 18.5. The van der Waals surface area contributed by atoms with Crippen molar-refractivity contribution < 1.29 is 0 Å². The predicted molar refractivity (Wildman–Crippen MR) is 112 cm³/mol. The van der Waals surface area contributed by atoms with Crippen LogP contribution in [-0.4, -0.2) is 18.8 Å². The first-order chi connectivity index (χ1) is 12.4. The Hall–Kier alpha value is -1.25. The molecule has 0 aromatic heterocycles. The summed E-state index contributed by atoms with van der Waals surface area (Å²) in [6, 6.07) is 19.7. The molecule has 1 unspecified atom stereocenters. The van der Waals surface area contributed by atoms with Crippen LogP contribution in [0.4, 0.5) is 0 Å². The van der Waals surface area contributed by atoms with Crippen LogP contribution >= 0.6 is 11.8 Å². The third-order valence-corrected chi connectivity index (χ3v) is 6.24. The molecule has 1 N–H and O–H groups in total. The van der Waals surface area contributed by atoms with E-state index in [1.165, 1.54) is 74.1 Å². The highest BCUT2D eigenvalue weighted by Gasteiger charge is 2.10. The summed E-state index contributed by atoms with van der Waals surface area (Å²) in [5.41, 5.74) is 4.05. The minimum absolute atomic E-state index is 0.929. The zero-order valence-corrected chi connectivity index (χ0v) is 16.1. The largest absolute Gasteiger partial charge is 0.316 e. The quantitative estimate of drug-likeness (QED) is 0.571. The van der Waals surface area contributed by atoms with E-state index >= 15 is 0 Å². The van der Waals surface area contributed by atoms with Gasteiger partial charge in [0.1, 0.15) is 0 Å². The van der Waals surface area contributed by atoms with Crippen molar-refractivity contribution in [1.29, 1.82) is 0 Å². The number of rotatable bonds is 8. The van der Waals surface area contributed by atoms with E-state index in [9.17, 15) is 0 Å². The Morgan fingerprint density at radius 1 is 0.880 bits per heavy atom. The summed E-state index contributed by atoms with van der Waals surface area (Å²) >= 11 is 2.08. The normalized spacial score (nSPS) is 18.0. The lowest BCUT2D eigenvalue weighted by Crippen LogP contribution is -2.20. The van der Waals surface area contributed by atoms with Gasteiger partial charge in [-0.05, 0) is 67.1 Å². The third-order valence-electron chi connectivity index (χ3n) is 5.13. The van der Waals surface area contributed by atoms with Crippen molar-refractivity contribution in [2.24, 2.45) is 5.92 Å². The number of benzene rings is 2. The Labute approximate surface area is 157 Å². The Bertz CT molecular complexity index is 585. The molecular weight excluding hydrogens is 322 g/mol. The fourth-order valence-corrected chi connectivity index (χ4v) is 4.57. The molecular formula is C23H31NS. The van der Waals surface area contributed by atoms with Crippen LogP contribution in [0.1, 0.15) is 44.1 Å². The van der Waals surface area contributed by atoms with E-state index in [0.717, 1.165) is 11.7 Å². The molecule has 0 aliphatic carbocycles. The van der Waals surface area contributed by atoms with Gasteiger partial charge in [0.05, 0.1) is 0 Å². The lowest BCUT2D eigenvalue weighted by molar-refractivity contribution is 0.431. The fraction of sp³-hybridized carbons (Fsp3) is 0.478. The molecule has 1 heterocycles. The highest BCUT2D eigenvalue weighted by Crippen LogP contribution is 2.22. The maximum atomic E-state index is 3.58. The van der Waals surface area contributed by atoms with Crippen molar-refractivity contribution >= 4 is 11.8 Å². The van der Waals surface area contributed by atoms with Crippen LogP contribution in [0.15, 0.2) is 54.6 Å². The summed E-state index contributed by atoms with van der Waals surface area (Å²) < 4.78 is 0. The molecule has 1 aliphatic heterocycles. The van der Waals surface area contributed by atoms with E-state index in [1.807, 2.05) is 0 Å². The first-order valence-electron chi connectivity index (χ1n) is 9.84. The maximum absolute atomic E-state index is 3.58. The molecule has 3 rings (SSSR count). The highest BCUT2D eigenvalue weighted by atomic mass is 32.2. The van der Waals surface area contributed by atoms with Crippen molar-refractivity contribution in [3.8, 4) is 11.1 Å². The van der Waals surface area contributed by atoms with Crippen molar-refractivity contribution in [3.63, 3.8) is 0 Å². The van der Waals surface area contributed by atoms with Gasteiger partial charge in [-0.1, -0.05) is 67.4 Å². The van der Waals surface area contributed by atoms with Crippen molar-refractivity contribution in [3.05, 3.63) is 60.2 Å². The van der Waals surface area contributed by atoms with Gasteiger partial charge >= 0.3 is 0 Å². The van der Waals surface area contributed by atoms with Gasteiger partial charge in [0.25, 0.3) is 0 Å². The van der Waals surface area contributed by atoms with Gasteiger partial charge < -0.3 is 5.32 Å². The van der Waals surface area contributed by atoms with Crippen LogP contribution in [0.2, 0.25) is 0 Å². The lowest BCUT2D eigenvalue weighted by Gasteiger charge is -2.13. The summed E-state index contributed by atoms with van der Waals surface area (Å²) in [5.74, 6) is 3.36. The molecule has 134 valence electrons. The topological polar surface area (TPSA) is 12.0 Å². The van der Waals surface area contributed by atoms with Crippen molar-refractivity contribution in [2.75, 3.05) is 18.8 Å². The minimum Gasteiger partial charge on any atom is -0.316 e. The molecule has 1 fully saturated rings. The number of unbranched alkanes of at least 4 members (excludes halogenated alkanes) is 1. The second-order valence-corrected chi connectivity index (χ2v) is 8.28. The molecule has 25 heavy (non-hydrogen) atoms. The van der Waals surface area contributed by atoms with E-state index in [-0.39, 0.29) is 0 Å². The van der Waals surface area contributed by atoms with Gasteiger partial charge in [-0.3, -0.25) is 0 Å². The Morgan fingerprint density at radius 2 is 1.68 bits per heavy atom. The number of hydrogen-bond acceptors (Lipinski definition) is 2. The molecule has 1 aliphatic rings. The van der Waals surface area contributed by atoms with Gasteiger partial charge in [0.2, 0.25) is 0 Å². The summed E-state index contributed by atoms with van der Waals surface area (Å²) in [6.07, 6.45) is 8.41. The van der Waals surface area contributed by atoms with E-state index in [0.29, 0.717) is 0 Å². The summed E-state index contributed by atoms with van der Waals surface area (Å²) in [6.45, 7) is 2.48. The van der Waals surface area contributed by atoms with Crippen LogP contribution in [0.5, 0.6) is 0 Å². The second-order valence-electron chi connectivity index (χ2n) is 7.18. The molecule has 0 radical (unpaired) electrons. The van der Waals surface area contributed by atoms with Crippen LogP contribution in [0.25, 0.3) is 11.1 Å². The minimum atomic E-state index is 0.929. The SMILES string of the molecule is c1ccc(-c2ccc(CSCCCCC3CCCCNC3)cc2)cc1. The van der Waals surface area contributed by atoms with Crippen LogP contribution < -0.4 is 5.32 Å². The third kappa shape index (κ3) is 6.52. The standard InChI is InChI=1S/C23H31NS/c1-2-10-22(11-3-1)23-14-12-21(13-15-23)19-25-17-7-5-9-20-8-4-6-16-24-18-20/h1-3,10-15,20,24H,4-9,16-19H2. The van der Waals surface area contributed by atoms with Crippen LogP contribution in [-0.2, 0) is 5.75 Å². The number of nitrogens with one attached hydrogen (secondary N) is 1. The molecule has 0 bridgehead atoms. The lowest BCUT2D eigenvalue weighted by atomic mass is 9.97. The predicted octanol–water partition coefficient (Wildman–Crippen LogP) is 6.15. The molecule has 0 spiro atoms. The fourth-order valence-electron chi connectivity index (χ4n) is 3.59. The van der Waals surface area contributed by atoms with E-state index in [1.54, 1.807) is 0 Å². The van der Waals surface area contributed by atoms with Crippen LogP contribution in [0, 0.1) is 5.92 Å². The molecule has 1 atom stereocenters. The number of hydrogen-bond donors (Lipinski definition) is 1. The van der Waals surface area contributed by atoms with Crippen molar-refractivity contribution in [2.45, 2.75) is 44.3 Å². The van der Waals surface area contributed by atoms with Crippen LogP contribution in [0.3, 0.4) is 0 Å². The smallest absolute Gasteiger partial charge is 0.0184 e. The first-order valence-corrected chi connectivity index (χ1v) is 11.0. The molecule has 0 amide bonds. The van der Waals surface area contributed by atoms with Gasteiger partial charge in [0, 0.05) is 5.75 Å². The Morgan fingerprint density at radius 3 is 2.52 bits per heavy atom. The van der Waals surface area contributed by atoms with Gasteiger partial charge in [-0.2, -0.15) is 11.8 Å². The van der Waals surface area contributed by atoms with Crippen molar-refractivity contribution in [1.82, 2.24) is 5.32 Å². The zero-order valence-electron chi connectivity index (χ0n) is 15.3. The Kier molecular flexibility index (Phi) is 7.92. The summed E-state index contributed by atoms with van der Waals surface area (Å²) in [5, 5.41) is 3.58. The molecule has 1 saturated heterocycles. The summed E-state index contributed by atoms with van der Waals surface area (Å²) in [7, 11) is 0. The molecule has 1 nitrogen and oxygen atoms in total. The van der Waals surface area contributed by atoms with Gasteiger partial charge in [0.15, 0.2) is 0 Å². The summed E-state index contributed by atoms with van der Waals surface area (Å²) in [4.78, 5) is 0. The molecule has 0 saturated carbocycles. The average Bonchev–Trinajstić information content (AvgIpc) is 2.95. The van der Waals surface area contributed by atoms with Gasteiger partial charge in [-0.25, -0.2) is 0 Å². The second kappa shape index (κ2) is 10.7. The average molecular weight is 354 g/mol. The molecule has 2 aromatic rings. The maximum Gasteiger partial charge on any atom is 0.0184 e. The van der Waals surface area contributed by atoms with E-state index in [4.69, 9.17) is 0 Å². The number of thioether (sulfide) groups is 1. The van der Waals surface area contributed by atoms with E-state index in [2.05, 4.69) is 71.7 Å².